The van der Waals surface area contributed by atoms with Crippen LogP contribution in [0, 0.1) is 13.8 Å². The van der Waals surface area contributed by atoms with Gasteiger partial charge in [0.15, 0.2) is 11.5 Å². The number of amides is 1. The molecule has 0 saturated carbocycles. The first-order valence-corrected chi connectivity index (χ1v) is 11.8. The summed E-state index contributed by atoms with van der Waals surface area (Å²) in [5.74, 6) is 2.86. The van der Waals surface area contributed by atoms with Crippen LogP contribution in [-0.4, -0.2) is 22.8 Å². The smallest absolute Gasteiger partial charge is 0.258 e. The standard InChI is InChI=1S/C28H25N3O5/c1-17-23(18(2)36-30-17)15-33-21-10-8-20(9-11-21)27-29-24-6-4-3-5-22(24)28(32)31(27)14-19-7-12-25-26(13-19)35-16-34-25/h3-13,27,29H,14-16H2,1-2H3. The summed E-state index contributed by atoms with van der Waals surface area (Å²) < 4.78 is 22.2. The van der Waals surface area contributed by atoms with Crippen molar-refractivity contribution in [1.29, 1.82) is 0 Å². The number of ether oxygens (including phenoxy) is 3. The molecular weight excluding hydrogens is 458 g/mol. The number of para-hydroxylation sites is 1. The van der Waals surface area contributed by atoms with Gasteiger partial charge < -0.3 is 29.0 Å². The molecule has 1 N–H and O–H groups in total. The number of rotatable bonds is 6. The van der Waals surface area contributed by atoms with Gasteiger partial charge in [-0.25, -0.2) is 0 Å². The molecule has 0 aliphatic carbocycles. The number of aromatic nitrogens is 1. The third kappa shape index (κ3) is 4.00. The highest BCUT2D eigenvalue weighted by molar-refractivity contribution is 6.01. The van der Waals surface area contributed by atoms with Gasteiger partial charge in [-0.05, 0) is 61.4 Å². The number of nitrogens with zero attached hydrogens (tertiary/aromatic N) is 2. The van der Waals surface area contributed by atoms with Crippen molar-refractivity contribution in [2.45, 2.75) is 33.2 Å². The second-order valence-corrected chi connectivity index (χ2v) is 8.87. The highest BCUT2D eigenvalue weighted by Crippen LogP contribution is 2.37. The molecule has 2 aliphatic heterocycles. The Hall–Kier alpha value is -4.46. The molecule has 0 saturated heterocycles. The van der Waals surface area contributed by atoms with Crippen LogP contribution >= 0.6 is 0 Å². The number of carbonyl (C=O) groups excluding carboxylic acids is 1. The maximum Gasteiger partial charge on any atom is 0.258 e. The maximum absolute atomic E-state index is 13.6. The van der Waals surface area contributed by atoms with Crippen LogP contribution in [0.5, 0.6) is 17.2 Å². The lowest BCUT2D eigenvalue weighted by Gasteiger charge is -2.38. The molecule has 1 unspecified atom stereocenters. The maximum atomic E-state index is 13.6. The number of anilines is 1. The summed E-state index contributed by atoms with van der Waals surface area (Å²) in [6.45, 7) is 4.77. The Morgan fingerprint density at radius 1 is 1.03 bits per heavy atom. The third-order valence-corrected chi connectivity index (χ3v) is 6.57. The van der Waals surface area contributed by atoms with Gasteiger partial charge in [0, 0.05) is 12.2 Å². The Kier molecular flexibility index (Phi) is 5.48. The Bertz CT molecular complexity index is 1410. The van der Waals surface area contributed by atoms with E-state index in [1.807, 2.05) is 85.5 Å². The number of benzene rings is 3. The van der Waals surface area contributed by atoms with Crippen molar-refractivity contribution in [3.8, 4) is 17.2 Å². The molecule has 1 aromatic heterocycles. The number of fused-ring (bicyclic) bond motifs is 2. The average Bonchev–Trinajstić information content (AvgIpc) is 3.50. The first kappa shape index (κ1) is 22.0. The van der Waals surface area contributed by atoms with Gasteiger partial charge in [0.1, 0.15) is 24.3 Å². The normalized spacial score (nSPS) is 16.0. The molecule has 0 radical (unpaired) electrons. The number of aryl methyl sites for hydroxylation is 2. The first-order chi connectivity index (χ1) is 17.6. The van der Waals surface area contributed by atoms with Crippen LogP contribution in [0.25, 0.3) is 0 Å². The van der Waals surface area contributed by atoms with Crippen LogP contribution in [0.4, 0.5) is 5.69 Å². The molecule has 4 aromatic rings. The topological polar surface area (TPSA) is 86.1 Å². The van der Waals surface area contributed by atoms with Crippen molar-refractivity contribution < 1.29 is 23.5 Å². The molecule has 0 bridgehead atoms. The monoisotopic (exact) mass is 483 g/mol. The molecule has 8 heteroatoms. The van der Waals surface area contributed by atoms with E-state index >= 15 is 0 Å². The van der Waals surface area contributed by atoms with Crippen molar-refractivity contribution in [3.05, 3.63) is 100 Å². The zero-order valence-corrected chi connectivity index (χ0v) is 20.0. The third-order valence-electron chi connectivity index (χ3n) is 6.57. The van der Waals surface area contributed by atoms with Crippen LogP contribution < -0.4 is 19.5 Å². The Labute approximate surface area is 208 Å². The van der Waals surface area contributed by atoms with Crippen molar-refractivity contribution in [2.24, 2.45) is 0 Å². The second kappa shape index (κ2) is 8.96. The van der Waals surface area contributed by atoms with E-state index < -0.39 is 0 Å². The number of hydrogen-bond donors (Lipinski definition) is 1. The van der Waals surface area contributed by atoms with Gasteiger partial charge in [-0.1, -0.05) is 35.5 Å². The summed E-state index contributed by atoms with van der Waals surface area (Å²) in [6.07, 6.45) is -0.352. The van der Waals surface area contributed by atoms with E-state index in [-0.39, 0.29) is 18.9 Å². The van der Waals surface area contributed by atoms with Gasteiger partial charge in [-0.2, -0.15) is 0 Å². The molecule has 2 aliphatic rings. The summed E-state index contributed by atoms with van der Waals surface area (Å²) in [7, 11) is 0. The fraction of sp³-hybridized carbons (Fsp3) is 0.214. The number of hydrogen-bond acceptors (Lipinski definition) is 7. The molecule has 36 heavy (non-hydrogen) atoms. The van der Waals surface area contributed by atoms with Crippen LogP contribution in [0.3, 0.4) is 0 Å². The zero-order chi connectivity index (χ0) is 24.6. The zero-order valence-electron chi connectivity index (χ0n) is 20.0. The largest absolute Gasteiger partial charge is 0.489 e. The highest BCUT2D eigenvalue weighted by Gasteiger charge is 2.33. The number of carbonyl (C=O) groups is 1. The van der Waals surface area contributed by atoms with Crippen LogP contribution in [0.2, 0.25) is 0 Å². The summed E-state index contributed by atoms with van der Waals surface area (Å²) >= 11 is 0. The number of nitrogens with one attached hydrogen (secondary N) is 1. The van der Waals surface area contributed by atoms with Gasteiger partial charge in [0.25, 0.3) is 5.91 Å². The van der Waals surface area contributed by atoms with Crippen molar-refractivity contribution >= 4 is 11.6 Å². The molecule has 1 atom stereocenters. The summed E-state index contributed by atoms with van der Waals surface area (Å²) in [4.78, 5) is 15.4. The van der Waals surface area contributed by atoms with Crippen molar-refractivity contribution in [3.63, 3.8) is 0 Å². The predicted molar refractivity (Wildman–Crippen MR) is 132 cm³/mol. The summed E-state index contributed by atoms with van der Waals surface area (Å²) in [5.41, 5.74) is 5.14. The van der Waals surface area contributed by atoms with Crippen LogP contribution in [0.1, 0.15) is 44.7 Å². The Morgan fingerprint density at radius 3 is 2.64 bits per heavy atom. The minimum Gasteiger partial charge on any atom is -0.489 e. The van der Waals surface area contributed by atoms with E-state index in [0.29, 0.717) is 24.5 Å². The lowest BCUT2D eigenvalue weighted by Crippen LogP contribution is -2.42. The van der Waals surface area contributed by atoms with E-state index in [9.17, 15) is 4.79 Å². The van der Waals surface area contributed by atoms with E-state index in [2.05, 4.69) is 10.5 Å². The quantitative estimate of drug-likeness (QED) is 0.395. The lowest BCUT2D eigenvalue weighted by molar-refractivity contribution is 0.0666. The molecule has 0 spiro atoms. The van der Waals surface area contributed by atoms with Crippen LogP contribution in [0.15, 0.2) is 71.3 Å². The van der Waals surface area contributed by atoms with Gasteiger partial charge in [-0.15, -0.1) is 0 Å². The Balaban J connectivity index is 1.26. The van der Waals surface area contributed by atoms with E-state index in [1.165, 1.54) is 0 Å². The molecule has 1 amide bonds. The lowest BCUT2D eigenvalue weighted by atomic mass is 10.0. The molecule has 6 rings (SSSR count). The summed E-state index contributed by atoms with van der Waals surface area (Å²) in [6, 6.07) is 21.1. The van der Waals surface area contributed by atoms with Gasteiger partial charge in [0.05, 0.1) is 16.8 Å². The SMILES string of the molecule is Cc1noc(C)c1COc1ccc(C2Nc3ccccc3C(=O)N2Cc2ccc3c(c2)OCO3)cc1. The fourth-order valence-electron chi connectivity index (χ4n) is 4.56. The van der Waals surface area contributed by atoms with Crippen molar-refractivity contribution in [2.75, 3.05) is 12.1 Å². The van der Waals surface area contributed by atoms with Gasteiger partial charge >= 0.3 is 0 Å². The fourth-order valence-corrected chi connectivity index (χ4v) is 4.56. The molecule has 182 valence electrons. The van der Waals surface area contributed by atoms with E-state index in [1.54, 1.807) is 0 Å². The van der Waals surface area contributed by atoms with Gasteiger partial charge in [-0.3, -0.25) is 4.79 Å². The molecule has 8 nitrogen and oxygen atoms in total. The summed E-state index contributed by atoms with van der Waals surface area (Å²) in [5, 5.41) is 7.52. The minimum absolute atomic E-state index is 0.0363. The van der Waals surface area contributed by atoms with Crippen LogP contribution in [-0.2, 0) is 13.2 Å². The molecular formula is C28H25N3O5. The van der Waals surface area contributed by atoms with E-state index in [4.69, 9.17) is 18.7 Å². The molecule has 3 aromatic carbocycles. The highest BCUT2D eigenvalue weighted by atomic mass is 16.7. The average molecular weight is 484 g/mol. The predicted octanol–water partition coefficient (Wildman–Crippen LogP) is 5.37. The minimum atomic E-state index is -0.352. The molecule has 0 fully saturated rings. The van der Waals surface area contributed by atoms with Crippen molar-refractivity contribution in [1.82, 2.24) is 10.1 Å². The Morgan fingerprint density at radius 2 is 1.83 bits per heavy atom. The second-order valence-electron chi connectivity index (χ2n) is 8.87. The van der Waals surface area contributed by atoms with E-state index in [0.717, 1.165) is 45.3 Å². The first-order valence-electron chi connectivity index (χ1n) is 11.8. The molecule has 3 heterocycles. The van der Waals surface area contributed by atoms with Gasteiger partial charge in [0.2, 0.25) is 6.79 Å².